The summed E-state index contributed by atoms with van der Waals surface area (Å²) in [6.07, 6.45) is 6.88. The Morgan fingerprint density at radius 1 is 1.47 bits per heavy atom. The van der Waals surface area contributed by atoms with E-state index in [1.54, 1.807) is 0 Å². The summed E-state index contributed by atoms with van der Waals surface area (Å²) in [6, 6.07) is 2.62. The van der Waals surface area contributed by atoms with Crippen molar-refractivity contribution < 1.29 is 5.11 Å². The summed E-state index contributed by atoms with van der Waals surface area (Å²) < 4.78 is 1.03. The van der Waals surface area contributed by atoms with Gasteiger partial charge in [-0.25, -0.2) is 4.98 Å². The van der Waals surface area contributed by atoms with Crippen LogP contribution in [0.4, 0.5) is 5.82 Å². The second kappa shape index (κ2) is 5.83. The van der Waals surface area contributed by atoms with Gasteiger partial charge in [0, 0.05) is 18.8 Å². The van der Waals surface area contributed by atoms with Gasteiger partial charge in [-0.15, -0.1) is 0 Å². The zero-order valence-corrected chi connectivity index (χ0v) is 11.8. The highest BCUT2D eigenvalue weighted by Gasteiger charge is 2.24. The summed E-state index contributed by atoms with van der Waals surface area (Å²) in [5.74, 6) is 0.969. The van der Waals surface area contributed by atoms with E-state index < -0.39 is 0 Å². The quantitative estimate of drug-likeness (QED) is 0.928. The number of halogens is 1. The molecule has 1 aromatic rings. The van der Waals surface area contributed by atoms with Crippen LogP contribution in [0.3, 0.4) is 0 Å². The number of anilines is 1. The Kier molecular flexibility index (Phi) is 4.40. The monoisotopic (exact) mass is 298 g/mol. The minimum atomic E-state index is 0.179. The maximum Gasteiger partial charge on any atom is 0.143 e. The fourth-order valence-corrected chi connectivity index (χ4v) is 3.21. The number of aromatic nitrogens is 1. The summed E-state index contributed by atoms with van der Waals surface area (Å²) >= 11 is 3.58. The van der Waals surface area contributed by atoms with Gasteiger partial charge >= 0.3 is 0 Å². The number of nitrogens with zero attached hydrogens (tertiary/aromatic N) is 2. The molecule has 94 valence electrons. The van der Waals surface area contributed by atoms with Crippen LogP contribution in [-0.4, -0.2) is 29.3 Å². The predicted octanol–water partition coefficient (Wildman–Crippen LogP) is 2.89. The molecular weight excluding hydrogens is 280 g/mol. The topological polar surface area (TPSA) is 36.4 Å². The number of rotatable bonds is 4. The fourth-order valence-electron chi connectivity index (χ4n) is 2.52. The number of aliphatic hydroxyl groups excluding tert-OH is 1. The van der Waals surface area contributed by atoms with Crippen LogP contribution >= 0.6 is 15.9 Å². The summed E-state index contributed by atoms with van der Waals surface area (Å²) in [5, 5.41) is 9.22. The van der Waals surface area contributed by atoms with E-state index in [1.807, 2.05) is 13.1 Å². The Hall–Kier alpha value is -0.610. The van der Waals surface area contributed by atoms with Gasteiger partial charge in [0.25, 0.3) is 0 Å². The number of pyridine rings is 1. The van der Waals surface area contributed by atoms with Gasteiger partial charge in [-0.1, -0.05) is 12.8 Å². The first-order valence-electron chi connectivity index (χ1n) is 6.22. The van der Waals surface area contributed by atoms with Gasteiger partial charge in [0.05, 0.1) is 11.1 Å². The first-order valence-corrected chi connectivity index (χ1v) is 7.01. The molecule has 1 aliphatic rings. The van der Waals surface area contributed by atoms with E-state index in [9.17, 15) is 5.11 Å². The van der Waals surface area contributed by atoms with Crippen molar-refractivity contribution in [1.82, 2.24) is 4.98 Å². The zero-order chi connectivity index (χ0) is 12.3. The van der Waals surface area contributed by atoms with Gasteiger partial charge in [-0.2, -0.15) is 0 Å². The Balaban J connectivity index is 2.24. The lowest BCUT2D eigenvalue weighted by Gasteiger charge is -2.30. The van der Waals surface area contributed by atoms with Gasteiger partial charge < -0.3 is 10.0 Å². The molecule has 0 aromatic carbocycles. The second-order valence-electron chi connectivity index (χ2n) is 4.67. The summed E-state index contributed by atoms with van der Waals surface area (Å²) in [4.78, 5) is 6.76. The van der Waals surface area contributed by atoms with Crippen LogP contribution in [-0.2, 0) is 0 Å². The molecule has 2 rings (SSSR count). The molecule has 17 heavy (non-hydrogen) atoms. The minimum absolute atomic E-state index is 0.179. The van der Waals surface area contributed by atoms with Crippen LogP contribution in [0.15, 0.2) is 16.7 Å². The van der Waals surface area contributed by atoms with Crippen molar-refractivity contribution in [2.75, 3.05) is 18.1 Å². The highest BCUT2D eigenvalue weighted by atomic mass is 79.9. The molecule has 0 bridgehead atoms. The predicted molar refractivity (Wildman–Crippen MR) is 73.4 cm³/mol. The normalized spacial score (nSPS) is 16.4. The zero-order valence-electron chi connectivity index (χ0n) is 10.2. The van der Waals surface area contributed by atoms with Crippen LogP contribution in [0.25, 0.3) is 0 Å². The average Bonchev–Trinajstić information content (AvgIpc) is 2.80. The van der Waals surface area contributed by atoms with Crippen LogP contribution in [0, 0.1) is 6.92 Å². The van der Waals surface area contributed by atoms with E-state index in [0.717, 1.165) is 15.9 Å². The summed E-state index contributed by atoms with van der Waals surface area (Å²) in [7, 11) is 0. The molecule has 1 aliphatic carbocycles. The van der Waals surface area contributed by atoms with Crippen molar-refractivity contribution in [3.63, 3.8) is 0 Å². The highest BCUT2D eigenvalue weighted by molar-refractivity contribution is 9.10. The lowest BCUT2D eigenvalue weighted by molar-refractivity contribution is 0.296. The molecule has 0 amide bonds. The second-order valence-corrected chi connectivity index (χ2v) is 5.53. The van der Waals surface area contributed by atoms with Crippen LogP contribution in [0.5, 0.6) is 0 Å². The number of hydrogen-bond donors (Lipinski definition) is 1. The van der Waals surface area contributed by atoms with Crippen molar-refractivity contribution in [2.24, 2.45) is 0 Å². The molecule has 0 saturated heterocycles. The van der Waals surface area contributed by atoms with Crippen molar-refractivity contribution in [3.8, 4) is 0 Å². The van der Waals surface area contributed by atoms with Crippen molar-refractivity contribution >= 4 is 21.7 Å². The van der Waals surface area contributed by atoms with Crippen molar-refractivity contribution in [2.45, 2.75) is 38.6 Å². The molecule has 1 heterocycles. The smallest absolute Gasteiger partial charge is 0.143 e. The van der Waals surface area contributed by atoms with E-state index in [0.29, 0.717) is 12.6 Å². The molecule has 1 fully saturated rings. The number of aliphatic hydroxyl groups is 1. The number of aryl methyl sites for hydroxylation is 1. The molecule has 1 saturated carbocycles. The molecule has 0 radical (unpaired) electrons. The lowest BCUT2D eigenvalue weighted by Crippen LogP contribution is -2.36. The van der Waals surface area contributed by atoms with Crippen molar-refractivity contribution in [3.05, 3.63) is 22.3 Å². The maximum absolute atomic E-state index is 9.22. The first-order chi connectivity index (χ1) is 8.22. The summed E-state index contributed by atoms with van der Waals surface area (Å²) in [6.45, 7) is 2.88. The van der Waals surface area contributed by atoms with Gasteiger partial charge in [0.15, 0.2) is 0 Å². The maximum atomic E-state index is 9.22. The minimum Gasteiger partial charge on any atom is -0.395 e. The van der Waals surface area contributed by atoms with Gasteiger partial charge in [-0.05, 0) is 47.3 Å². The standard InChI is InChI=1S/C13H19BrN2O/c1-10-8-12(14)13(15-9-10)16(6-7-17)11-4-2-3-5-11/h8-9,11,17H,2-7H2,1H3. The average molecular weight is 299 g/mol. The Morgan fingerprint density at radius 3 is 2.76 bits per heavy atom. The Bertz CT molecular complexity index is 378. The van der Waals surface area contributed by atoms with Gasteiger partial charge in [0.2, 0.25) is 0 Å². The van der Waals surface area contributed by atoms with Crippen molar-refractivity contribution in [1.29, 1.82) is 0 Å². The molecule has 0 atom stereocenters. The van der Waals surface area contributed by atoms with Gasteiger partial charge in [0.1, 0.15) is 5.82 Å². The van der Waals surface area contributed by atoms with Gasteiger partial charge in [-0.3, -0.25) is 0 Å². The first kappa shape index (κ1) is 12.8. The van der Waals surface area contributed by atoms with E-state index in [2.05, 4.69) is 31.9 Å². The third-order valence-corrected chi connectivity index (χ3v) is 3.92. The fraction of sp³-hybridized carbons (Fsp3) is 0.615. The van der Waals surface area contributed by atoms with Crippen LogP contribution in [0.2, 0.25) is 0 Å². The molecule has 4 heteroatoms. The van der Waals surface area contributed by atoms with E-state index >= 15 is 0 Å². The molecule has 1 N–H and O–H groups in total. The van der Waals surface area contributed by atoms with Crippen LogP contribution < -0.4 is 4.90 Å². The largest absolute Gasteiger partial charge is 0.395 e. The summed E-state index contributed by atoms with van der Waals surface area (Å²) in [5.41, 5.74) is 1.15. The molecule has 0 spiro atoms. The molecule has 0 aliphatic heterocycles. The Labute approximate surface area is 111 Å². The van der Waals surface area contributed by atoms with E-state index in [4.69, 9.17) is 0 Å². The Morgan fingerprint density at radius 2 is 2.18 bits per heavy atom. The highest BCUT2D eigenvalue weighted by Crippen LogP contribution is 2.31. The third kappa shape index (κ3) is 2.99. The molecular formula is C13H19BrN2O. The lowest BCUT2D eigenvalue weighted by atomic mass is 10.2. The number of hydrogen-bond acceptors (Lipinski definition) is 3. The molecule has 1 aromatic heterocycles. The SMILES string of the molecule is Cc1cnc(N(CCO)C2CCCC2)c(Br)c1. The molecule has 0 unspecified atom stereocenters. The van der Waals surface area contributed by atoms with Crippen LogP contribution in [0.1, 0.15) is 31.2 Å². The van der Waals surface area contributed by atoms with E-state index in [-0.39, 0.29) is 6.61 Å². The molecule has 3 nitrogen and oxygen atoms in total. The third-order valence-electron chi connectivity index (χ3n) is 3.34. The van der Waals surface area contributed by atoms with E-state index in [1.165, 1.54) is 25.7 Å².